The molecule has 4 N–H and O–H groups in total. The molecule has 6 nitrogen and oxygen atoms in total. The molecule has 0 spiro atoms. The number of nitrogens with two attached hydrogens (primary N) is 1. The number of nitrogen functional groups attached to an aromatic ring is 1. The molecule has 2 aromatic rings. The first-order valence-corrected chi connectivity index (χ1v) is 8.24. The fourth-order valence-corrected chi connectivity index (χ4v) is 3.46. The van der Waals surface area contributed by atoms with E-state index in [2.05, 4.69) is 14.9 Å². The summed E-state index contributed by atoms with van der Waals surface area (Å²) < 4.78 is 27.1. The van der Waals surface area contributed by atoms with Crippen molar-refractivity contribution in [3.63, 3.8) is 0 Å². The summed E-state index contributed by atoms with van der Waals surface area (Å²) >= 11 is 0. The van der Waals surface area contributed by atoms with Crippen molar-refractivity contribution in [2.24, 2.45) is 0 Å². The van der Waals surface area contributed by atoms with Gasteiger partial charge in [-0.05, 0) is 49.9 Å². The van der Waals surface area contributed by atoms with Crippen LogP contribution in [-0.2, 0) is 16.4 Å². The summed E-state index contributed by atoms with van der Waals surface area (Å²) in [6.45, 7) is 4.03. The summed E-state index contributed by atoms with van der Waals surface area (Å²) in [4.78, 5) is 0.238. The van der Waals surface area contributed by atoms with Gasteiger partial charge in [0.1, 0.15) is 0 Å². The topological polar surface area (TPSA) is 101 Å². The van der Waals surface area contributed by atoms with Crippen LogP contribution in [0.3, 0.4) is 0 Å². The van der Waals surface area contributed by atoms with Crippen LogP contribution in [0, 0.1) is 13.8 Å². The number of benzene rings is 1. The molecule has 1 aromatic carbocycles. The Balaban J connectivity index is 1.96. The number of aryl methyl sites for hydroxylation is 2. The lowest BCUT2D eigenvalue weighted by Crippen LogP contribution is -2.26. The van der Waals surface area contributed by atoms with E-state index < -0.39 is 10.0 Å². The molecular formula is C14H20N4O2S. The number of aromatic nitrogens is 2. The third-order valence-corrected chi connectivity index (χ3v) is 5.07. The number of hydrogen-bond acceptors (Lipinski definition) is 4. The molecule has 7 heteroatoms. The van der Waals surface area contributed by atoms with Gasteiger partial charge in [-0.2, -0.15) is 5.10 Å². The van der Waals surface area contributed by atoms with Gasteiger partial charge >= 0.3 is 0 Å². The number of aromatic amines is 1. The molecule has 0 bridgehead atoms. The van der Waals surface area contributed by atoms with E-state index in [1.54, 1.807) is 31.3 Å². The molecule has 0 fully saturated rings. The van der Waals surface area contributed by atoms with Crippen LogP contribution in [0.1, 0.15) is 23.2 Å². The van der Waals surface area contributed by atoms with Crippen molar-refractivity contribution in [2.45, 2.75) is 31.6 Å². The quantitative estimate of drug-likeness (QED) is 0.556. The number of nitrogens with one attached hydrogen (secondary N) is 2. The zero-order chi connectivity index (χ0) is 15.5. The molecule has 0 aliphatic rings. The smallest absolute Gasteiger partial charge is 0.240 e. The van der Waals surface area contributed by atoms with Crippen molar-refractivity contribution in [2.75, 3.05) is 12.3 Å². The van der Waals surface area contributed by atoms with Gasteiger partial charge in [-0.1, -0.05) is 6.07 Å². The summed E-state index contributed by atoms with van der Waals surface area (Å²) in [6, 6.07) is 4.90. The normalized spacial score (nSPS) is 11.7. The van der Waals surface area contributed by atoms with Crippen molar-refractivity contribution in [3.8, 4) is 0 Å². The van der Waals surface area contributed by atoms with Gasteiger partial charge < -0.3 is 5.73 Å². The Labute approximate surface area is 124 Å². The minimum absolute atomic E-state index is 0.238. The fraction of sp³-hybridized carbons (Fsp3) is 0.357. The van der Waals surface area contributed by atoms with Gasteiger partial charge in [-0.25, -0.2) is 13.1 Å². The summed E-state index contributed by atoms with van der Waals surface area (Å²) in [5.41, 5.74) is 8.93. The maximum Gasteiger partial charge on any atom is 0.240 e. The summed E-state index contributed by atoms with van der Waals surface area (Å²) in [6.07, 6.45) is 3.26. The predicted molar refractivity (Wildman–Crippen MR) is 82.4 cm³/mol. The Hall–Kier alpha value is -1.86. The Kier molecular flexibility index (Phi) is 4.64. The Morgan fingerprint density at radius 1 is 1.33 bits per heavy atom. The van der Waals surface area contributed by atoms with E-state index >= 15 is 0 Å². The molecule has 1 heterocycles. The van der Waals surface area contributed by atoms with Crippen molar-refractivity contribution in [1.82, 2.24) is 14.9 Å². The van der Waals surface area contributed by atoms with E-state index in [4.69, 9.17) is 5.73 Å². The first kappa shape index (κ1) is 15.5. The Morgan fingerprint density at radius 2 is 2.10 bits per heavy atom. The van der Waals surface area contributed by atoms with E-state index in [1.807, 2.05) is 6.92 Å². The summed E-state index contributed by atoms with van der Waals surface area (Å²) in [5, 5.41) is 6.80. The molecule has 1 aromatic heterocycles. The van der Waals surface area contributed by atoms with Crippen LogP contribution in [0.4, 0.5) is 5.69 Å². The van der Waals surface area contributed by atoms with Gasteiger partial charge in [0.2, 0.25) is 10.0 Å². The number of rotatable bonds is 6. The monoisotopic (exact) mass is 308 g/mol. The molecule has 2 rings (SSSR count). The molecule has 0 unspecified atom stereocenters. The number of anilines is 1. The number of nitrogens with zero attached hydrogens (tertiary/aromatic N) is 1. The lowest BCUT2D eigenvalue weighted by atomic mass is 10.1. The zero-order valence-corrected chi connectivity index (χ0v) is 13.0. The van der Waals surface area contributed by atoms with Crippen molar-refractivity contribution in [3.05, 3.63) is 41.2 Å². The van der Waals surface area contributed by atoms with Gasteiger partial charge in [-0.3, -0.25) is 5.10 Å². The van der Waals surface area contributed by atoms with Crippen LogP contribution >= 0.6 is 0 Å². The highest BCUT2D eigenvalue weighted by Crippen LogP contribution is 2.20. The summed E-state index contributed by atoms with van der Waals surface area (Å²) in [7, 11) is -3.52. The van der Waals surface area contributed by atoms with E-state index in [9.17, 15) is 8.42 Å². The van der Waals surface area contributed by atoms with Crippen LogP contribution in [0.15, 0.2) is 29.3 Å². The minimum Gasteiger partial charge on any atom is -0.398 e. The molecule has 0 amide bonds. The molecule has 0 atom stereocenters. The molecule has 0 aliphatic carbocycles. The predicted octanol–water partition coefficient (Wildman–Crippen LogP) is 1.52. The third-order valence-electron chi connectivity index (χ3n) is 3.46. The fourth-order valence-electron chi connectivity index (χ4n) is 2.11. The molecule has 114 valence electrons. The van der Waals surface area contributed by atoms with E-state index in [-0.39, 0.29) is 4.90 Å². The molecule has 0 saturated heterocycles. The molecule has 0 saturated carbocycles. The van der Waals surface area contributed by atoms with E-state index in [0.29, 0.717) is 24.2 Å². The molecular weight excluding hydrogens is 288 g/mol. The minimum atomic E-state index is -3.52. The Bertz CT molecular complexity index is 722. The van der Waals surface area contributed by atoms with Crippen LogP contribution < -0.4 is 10.5 Å². The lowest BCUT2D eigenvalue weighted by Gasteiger charge is -2.10. The number of hydrogen-bond donors (Lipinski definition) is 3. The maximum atomic E-state index is 12.2. The zero-order valence-electron chi connectivity index (χ0n) is 12.2. The highest BCUT2D eigenvalue weighted by Gasteiger charge is 2.17. The van der Waals surface area contributed by atoms with Crippen molar-refractivity contribution >= 4 is 15.7 Å². The maximum absolute atomic E-state index is 12.2. The first-order valence-electron chi connectivity index (χ1n) is 6.75. The highest BCUT2D eigenvalue weighted by molar-refractivity contribution is 7.89. The first-order chi connectivity index (χ1) is 9.92. The standard InChI is InChI=1S/C14H20N4O2S/c1-10-13(15)6-3-7-14(10)21(19,20)17-8-4-5-12-9-16-18-11(12)2/h3,6-7,9,17H,4-5,8,15H2,1-2H3,(H,16,18). The SMILES string of the molecule is Cc1[nH]ncc1CCCNS(=O)(=O)c1cccc(N)c1C. The van der Waals surface area contributed by atoms with Crippen LogP contribution in [0.2, 0.25) is 0 Å². The second-order valence-corrected chi connectivity index (χ2v) is 6.73. The molecule has 21 heavy (non-hydrogen) atoms. The van der Waals surface area contributed by atoms with E-state index in [1.165, 1.54) is 0 Å². The molecule has 0 radical (unpaired) electrons. The second-order valence-electron chi connectivity index (χ2n) is 4.99. The lowest BCUT2D eigenvalue weighted by molar-refractivity contribution is 0.578. The van der Waals surface area contributed by atoms with Gasteiger partial charge in [0, 0.05) is 17.9 Å². The van der Waals surface area contributed by atoms with Gasteiger partial charge in [0.05, 0.1) is 11.1 Å². The van der Waals surface area contributed by atoms with Crippen molar-refractivity contribution in [1.29, 1.82) is 0 Å². The summed E-state index contributed by atoms with van der Waals surface area (Å²) in [5.74, 6) is 0. The van der Waals surface area contributed by atoms with Crippen LogP contribution in [-0.4, -0.2) is 25.2 Å². The van der Waals surface area contributed by atoms with Gasteiger partial charge in [-0.15, -0.1) is 0 Å². The largest absolute Gasteiger partial charge is 0.398 e. The average molecular weight is 308 g/mol. The second kappa shape index (κ2) is 6.28. The number of sulfonamides is 1. The number of H-pyrrole nitrogens is 1. The third kappa shape index (κ3) is 3.62. The van der Waals surface area contributed by atoms with Gasteiger partial charge in [0.15, 0.2) is 0 Å². The van der Waals surface area contributed by atoms with Crippen molar-refractivity contribution < 1.29 is 8.42 Å². The molecule has 0 aliphatic heterocycles. The van der Waals surface area contributed by atoms with Crippen LogP contribution in [0.5, 0.6) is 0 Å². The van der Waals surface area contributed by atoms with Gasteiger partial charge in [0.25, 0.3) is 0 Å². The Morgan fingerprint density at radius 3 is 2.76 bits per heavy atom. The average Bonchev–Trinajstić information content (AvgIpc) is 2.83. The van der Waals surface area contributed by atoms with Crippen LogP contribution in [0.25, 0.3) is 0 Å². The highest BCUT2D eigenvalue weighted by atomic mass is 32.2. The van der Waals surface area contributed by atoms with E-state index in [0.717, 1.165) is 17.7 Å².